The van der Waals surface area contributed by atoms with E-state index in [4.69, 9.17) is 4.52 Å². The van der Waals surface area contributed by atoms with E-state index in [2.05, 4.69) is 16.2 Å². The third kappa shape index (κ3) is 3.79. The molecule has 3 aromatic rings. The minimum Gasteiger partial charge on any atom is -0.339 e. The van der Waals surface area contributed by atoms with Crippen LogP contribution in [0.3, 0.4) is 0 Å². The van der Waals surface area contributed by atoms with Gasteiger partial charge in [0.25, 0.3) is 10.0 Å². The van der Waals surface area contributed by atoms with Gasteiger partial charge in [0, 0.05) is 48.1 Å². The van der Waals surface area contributed by atoms with Gasteiger partial charge in [-0.2, -0.15) is 9.29 Å². The van der Waals surface area contributed by atoms with E-state index in [0.717, 1.165) is 24.9 Å². The van der Waals surface area contributed by atoms with Crippen LogP contribution in [0.5, 0.6) is 0 Å². The zero-order valence-electron chi connectivity index (χ0n) is 18.0. The lowest BCUT2D eigenvalue weighted by Gasteiger charge is -2.32. The highest BCUT2D eigenvalue weighted by atomic mass is 32.2. The van der Waals surface area contributed by atoms with Gasteiger partial charge in [0.1, 0.15) is 4.21 Å². The van der Waals surface area contributed by atoms with Crippen LogP contribution >= 0.6 is 11.3 Å². The van der Waals surface area contributed by atoms with E-state index in [1.54, 1.807) is 11.4 Å². The van der Waals surface area contributed by atoms with Gasteiger partial charge in [0.15, 0.2) is 0 Å². The number of amides is 1. The SMILES string of the molecule is O=C(C1CCN(S(=O)(=O)c2cc(-c3noc(C4CC4)n3)cs2)CC1)N1CCc2ccccc21. The summed E-state index contributed by atoms with van der Waals surface area (Å²) in [6, 6.07) is 9.63. The molecule has 2 aliphatic heterocycles. The molecule has 8 nitrogen and oxygen atoms in total. The van der Waals surface area contributed by atoms with Gasteiger partial charge in [-0.25, -0.2) is 8.42 Å². The van der Waals surface area contributed by atoms with Crippen LogP contribution in [0.1, 0.15) is 43.1 Å². The van der Waals surface area contributed by atoms with Crippen molar-refractivity contribution in [1.82, 2.24) is 14.4 Å². The summed E-state index contributed by atoms with van der Waals surface area (Å²) in [6.07, 6.45) is 4.06. The van der Waals surface area contributed by atoms with Crippen LogP contribution in [0.4, 0.5) is 5.69 Å². The molecule has 6 rings (SSSR count). The number of thiophene rings is 1. The molecule has 2 fully saturated rings. The molecular weight excluding hydrogens is 460 g/mol. The summed E-state index contributed by atoms with van der Waals surface area (Å²) < 4.78 is 33.5. The number of para-hydroxylation sites is 1. The second-order valence-electron chi connectivity index (χ2n) is 8.93. The molecule has 2 aromatic heterocycles. The highest BCUT2D eigenvalue weighted by Crippen LogP contribution is 2.40. The first-order valence-corrected chi connectivity index (χ1v) is 13.6. The van der Waals surface area contributed by atoms with Crippen LogP contribution in [0.2, 0.25) is 0 Å². The molecule has 1 saturated heterocycles. The number of piperidine rings is 1. The van der Waals surface area contributed by atoms with Crippen LogP contribution in [0.15, 0.2) is 44.4 Å². The van der Waals surface area contributed by atoms with Crippen LogP contribution in [-0.2, 0) is 21.2 Å². The molecule has 0 bridgehead atoms. The molecule has 4 heterocycles. The first-order chi connectivity index (χ1) is 16.0. The molecule has 0 spiro atoms. The van der Waals surface area contributed by atoms with Crippen molar-refractivity contribution >= 4 is 33.0 Å². The Morgan fingerprint density at radius 3 is 2.67 bits per heavy atom. The highest BCUT2D eigenvalue weighted by Gasteiger charge is 2.36. The van der Waals surface area contributed by atoms with Crippen molar-refractivity contribution in [3.8, 4) is 11.4 Å². The average Bonchev–Trinajstić information content (AvgIpc) is 3.23. The maximum Gasteiger partial charge on any atom is 0.252 e. The van der Waals surface area contributed by atoms with E-state index in [0.29, 0.717) is 55.7 Å². The zero-order valence-corrected chi connectivity index (χ0v) is 19.6. The molecular formula is C23H24N4O4S2. The standard InChI is InChI=1S/C23H24N4O4S2/c28-23(27-12-9-15-3-1-2-4-19(15)27)17-7-10-26(11-8-17)33(29,30)20-13-18(14-32-20)21-24-22(31-25-21)16-5-6-16/h1-4,13-14,16-17H,5-12H2. The molecule has 0 unspecified atom stereocenters. The van der Waals surface area contributed by atoms with Crippen molar-refractivity contribution in [2.24, 2.45) is 5.92 Å². The van der Waals surface area contributed by atoms with Gasteiger partial charge in [0.05, 0.1) is 0 Å². The molecule has 1 aliphatic carbocycles. The smallest absolute Gasteiger partial charge is 0.252 e. The number of carbonyl (C=O) groups is 1. The number of nitrogens with zero attached hydrogens (tertiary/aromatic N) is 4. The highest BCUT2D eigenvalue weighted by molar-refractivity contribution is 7.91. The zero-order chi connectivity index (χ0) is 22.6. The molecule has 172 valence electrons. The molecule has 0 radical (unpaired) electrons. The topological polar surface area (TPSA) is 96.6 Å². The number of fused-ring (bicyclic) bond motifs is 1. The van der Waals surface area contributed by atoms with Gasteiger partial charge < -0.3 is 9.42 Å². The number of carbonyl (C=O) groups excluding carboxylic acids is 1. The number of aromatic nitrogens is 2. The molecule has 1 aromatic carbocycles. The quantitative estimate of drug-likeness (QED) is 0.548. The lowest BCUT2D eigenvalue weighted by atomic mass is 9.96. The largest absolute Gasteiger partial charge is 0.339 e. The van der Waals surface area contributed by atoms with Crippen molar-refractivity contribution in [3.63, 3.8) is 0 Å². The van der Waals surface area contributed by atoms with Crippen LogP contribution in [-0.4, -0.2) is 48.4 Å². The summed E-state index contributed by atoms with van der Waals surface area (Å²) >= 11 is 1.17. The molecule has 33 heavy (non-hydrogen) atoms. The molecule has 3 aliphatic rings. The van der Waals surface area contributed by atoms with Gasteiger partial charge in [-0.3, -0.25) is 4.79 Å². The van der Waals surface area contributed by atoms with E-state index in [1.807, 2.05) is 23.1 Å². The van der Waals surface area contributed by atoms with Gasteiger partial charge in [-0.1, -0.05) is 23.4 Å². The molecule has 0 N–H and O–H groups in total. The number of benzene rings is 1. The maximum atomic E-state index is 13.2. The summed E-state index contributed by atoms with van der Waals surface area (Å²) in [5.41, 5.74) is 2.85. The maximum absolute atomic E-state index is 13.2. The summed E-state index contributed by atoms with van der Waals surface area (Å²) in [6.45, 7) is 1.39. The first-order valence-electron chi connectivity index (χ1n) is 11.3. The minimum atomic E-state index is -3.62. The fourth-order valence-electron chi connectivity index (χ4n) is 4.68. The number of rotatable bonds is 5. The van der Waals surface area contributed by atoms with E-state index in [9.17, 15) is 13.2 Å². The second kappa shape index (κ2) is 8.03. The normalized spacial score (nSPS) is 19.7. The van der Waals surface area contributed by atoms with Crippen LogP contribution in [0.25, 0.3) is 11.4 Å². The summed E-state index contributed by atoms with van der Waals surface area (Å²) in [5, 5.41) is 5.77. The minimum absolute atomic E-state index is 0.110. The monoisotopic (exact) mass is 484 g/mol. The van der Waals surface area contributed by atoms with Gasteiger partial charge >= 0.3 is 0 Å². The average molecular weight is 485 g/mol. The van der Waals surface area contributed by atoms with Crippen molar-refractivity contribution < 1.29 is 17.7 Å². The van der Waals surface area contributed by atoms with E-state index in [-0.39, 0.29) is 16.0 Å². The summed E-state index contributed by atoms with van der Waals surface area (Å²) in [4.78, 5) is 19.4. The third-order valence-corrected chi connectivity index (χ3v) is 10.1. The molecule has 1 saturated carbocycles. The summed E-state index contributed by atoms with van der Waals surface area (Å²) in [7, 11) is -3.62. The Morgan fingerprint density at radius 2 is 1.88 bits per heavy atom. The van der Waals surface area contributed by atoms with Gasteiger partial charge in [-0.15, -0.1) is 11.3 Å². The molecule has 1 amide bonds. The third-order valence-electron chi connectivity index (χ3n) is 6.75. The van der Waals surface area contributed by atoms with Crippen molar-refractivity contribution in [3.05, 3.63) is 47.2 Å². The predicted octanol–water partition coefficient (Wildman–Crippen LogP) is 3.67. The predicted molar refractivity (Wildman–Crippen MR) is 124 cm³/mol. The van der Waals surface area contributed by atoms with Gasteiger partial charge in [-0.05, 0) is 49.8 Å². The Labute approximate surface area is 196 Å². The molecule has 10 heteroatoms. The Bertz CT molecular complexity index is 1300. The van der Waals surface area contributed by atoms with Gasteiger partial charge in [0.2, 0.25) is 17.6 Å². The fraction of sp³-hybridized carbons (Fsp3) is 0.435. The van der Waals surface area contributed by atoms with Crippen molar-refractivity contribution in [1.29, 1.82) is 0 Å². The Kier molecular flexibility index (Phi) is 5.11. The Balaban J connectivity index is 1.12. The van der Waals surface area contributed by atoms with Crippen LogP contribution < -0.4 is 4.90 Å². The Morgan fingerprint density at radius 1 is 1.09 bits per heavy atom. The number of hydrogen-bond donors (Lipinski definition) is 0. The lowest BCUT2D eigenvalue weighted by molar-refractivity contribution is -0.123. The number of sulfonamides is 1. The summed E-state index contributed by atoms with van der Waals surface area (Å²) in [5.74, 6) is 1.38. The van der Waals surface area contributed by atoms with Crippen LogP contribution in [0, 0.1) is 5.92 Å². The van der Waals surface area contributed by atoms with E-state index >= 15 is 0 Å². The van der Waals surface area contributed by atoms with E-state index < -0.39 is 10.0 Å². The molecule has 0 atom stereocenters. The number of anilines is 1. The Hall–Kier alpha value is -2.56. The van der Waals surface area contributed by atoms with Crippen molar-refractivity contribution in [2.45, 2.75) is 42.2 Å². The van der Waals surface area contributed by atoms with E-state index in [1.165, 1.54) is 21.2 Å². The fourth-order valence-corrected chi connectivity index (χ4v) is 7.46. The lowest BCUT2D eigenvalue weighted by Crippen LogP contribution is -2.44. The second-order valence-corrected chi connectivity index (χ2v) is 12.0. The number of hydrogen-bond acceptors (Lipinski definition) is 7. The van der Waals surface area contributed by atoms with Crippen molar-refractivity contribution in [2.75, 3.05) is 24.5 Å². The first kappa shape index (κ1) is 21.0.